The van der Waals surface area contributed by atoms with Gasteiger partial charge < -0.3 is 23.7 Å². The second-order valence-corrected chi connectivity index (χ2v) is 9.37. The summed E-state index contributed by atoms with van der Waals surface area (Å²) in [5, 5.41) is 0. The molecule has 41 heavy (non-hydrogen) atoms. The van der Waals surface area contributed by atoms with Gasteiger partial charge in [-0.2, -0.15) is 0 Å². The fraction of sp³-hybridized carbons (Fsp3) is 0.235. The van der Waals surface area contributed by atoms with Crippen LogP contribution in [0, 0.1) is 0 Å². The van der Waals surface area contributed by atoms with Crippen molar-refractivity contribution in [3.63, 3.8) is 0 Å². The van der Waals surface area contributed by atoms with E-state index in [0.717, 1.165) is 17.9 Å². The first-order valence-electron chi connectivity index (χ1n) is 13.2. The molecule has 0 aromatic heterocycles. The average Bonchev–Trinajstić information content (AvgIpc) is 2.98. The van der Waals surface area contributed by atoms with Gasteiger partial charge in [0.2, 0.25) is 0 Å². The number of carbonyl (C=O) groups is 2. The molecule has 0 amide bonds. The third-order valence-electron chi connectivity index (χ3n) is 6.57. The van der Waals surface area contributed by atoms with Crippen molar-refractivity contribution < 1.29 is 33.3 Å². The molecule has 0 saturated carbocycles. The Morgan fingerprint density at radius 2 is 0.829 bits per heavy atom. The third kappa shape index (κ3) is 8.86. The zero-order chi connectivity index (χ0) is 29.8. The van der Waals surface area contributed by atoms with Crippen molar-refractivity contribution in [2.75, 3.05) is 14.2 Å². The molecule has 214 valence electrons. The molecule has 0 aliphatic heterocycles. The quantitative estimate of drug-likeness (QED) is 0.154. The fourth-order valence-electron chi connectivity index (χ4n) is 4.11. The van der Waals surface area contributed by atoms with E-state index in [4.69, 9.17) is 23.7 Å². The van der Waals surface area contributed by atoms with E-state index in [-0.39, 0.29) is 17.4 Å². The Morgan fingerprint density at radius 1 is 0.537 bits per heavy atom. The molecule has 7 heteroatoms. The highest BCUT2D eigenvalue weighted by molar-refractivity contribution is 5.69. The summed E-state index contributed by atoms with van der Waals surface area (Å²) in [5.74, 6) is 3.43. The molecule has 0 radical (unpaired) electrons. The molecule has 4 aromatic carbocycles. The molecule has 0 aliphatic rings. The zero-order valence-corrected chi connectivity index (χ0v) is 24.3. The first-order valence-corrected chi connectivity index (χ1v) is 13.2. The summed E-state index contributed by atoms with van der Waals surface area (Å²) in [6.45, 7) is 7.16. The minimum absolute atomic E-state index is 0.0962. The van der Waals surface area contributed by atoms with Crippen LogP contribution in [0.15, 0.2) is 97.1 Å². The Balaban J connectivity index is 0.000000228. The lowest BCUT2D eigenvalue weighted by atomic mass is 9.74. The molecular weight excluding hydrogens is 520 g/mol. The molecule has 0 heterocycles. The highest BCUT2D eigenvalue weighted by Crippen LogP contribution is 2.36. The van der Waals surface area contributed by atoms with Crippen molar-refractivity contribution in [3.8, 4) is 34.5 Å². The number of benzene rings is 4. The molecular formula is C34H36O7. The van der Waals surface area contributed by atoms with Gasteiger partial charge in [0.1, 0.15) is 34.5 Å². The molecule has 4 aromatic rings. The Bertz CT molecular complexity index is 1390. The van der Waals surface area contributed by atoms with Crippen LogP contribution in [-0.4, -0.2) is 26.2 Å². The van der Waals surface area contributed by atoms with Crippen LogP contribution in [0.3, 0.4) is 0 Å². The van der Waals surface area contributed by atoms with Crippen LogP contribution >= 0.6 is 0 Å². The molecule has 0 saturated heterocycles. The molecule has 0 N–H and O–H groups in total. The molecule has 0 fully saturated rings. The van der Waals surface area contributed by atoms with E-state index < -0.39 is 0 Å². The van der Waals surface area contributed by atoms with E-state index in [0.29, 0.717) is 23.0 Å². The average molecular weight is 557 g/mol. The number of hydrogen-bond donors (Lipinski definition) is 0. The number of carbonyl (C=O) groups excluding carboxylic acids is 2. The molecule has 1 unspecified atom stereocenters. The second-order valence-electron chi connectivity index (χ2n) is 9.37. The van der Waals surface area contributed by atoms with Gasteiger partial charge in [0.15, 0.2) is 0 Å². The molecule has 0 spiro atoms. The van der Waals surface area contributed by atoms with Gasteiger partial charge in [-0.1, -0.05) is 38.1 Å². The fourth-order valence-corrected chi connectivity index (χ4v) is 4.11. The number of ether oxygens (including phenoxy) is 5. The van der Waals surface area contributed by atoms with Crippen molar-refractivity contribution in [1.82, 2.24) is 0 Å². The zero-order valence-electron chi connectivity index (χ0n) is 24.3. The summed E-state index contributed by atoms with van der Waals surface area (Å²) in [5.41, 5.74) is 2.33. The summed E-state index contributed by atoms with van der Waals surface area (Å²) in [4.78, 5) is 21.8. The van der Waals surface area contributed by atoms with Crippen LogP contribution in [-0.2, 0) is 15.0 Å². The predicted molar refractivity (Wildman–Crippen MR) is 158 cm³/mol. The molecule has 1 atom stereocenters. The minimum atomic E-state index is -0.344. The van der Waals surface area contributed by atoms with Gasteiger partial charge in [-0.3, -0.25) is 9.59 Å². The maximum absolute atomic E-state index is 11.0. The van der Waals surface area contributed by atoms with Crippen molar-refractivity contribution in [2.24, 2.45) is 0 Å². The molecule has 0 bridgehead atoms. The monoisotopic (exact) mass is 556 g/mol. The summed E-state index contributed by atoms with van der Waals surface area (Å²) in [6, 6.07) is 30.0. The highest BCUT2D eigenvalue weighted by Gasteiger charge is 2.27. The Hall–Kier alpha value is -4.78. The lowest BCUT2D eigenvalue weighted by Gasteiger charge is -2.30. The van der Waals surface area contributed by atoms with Gasteiger partial charge in [0.05, 0.1) is 14.2 Å². The SMILES string of the molecule is CCC(C)(c1ccc(OC)cc1)c1ccc(OC(C)=O)cc1.COc1ccc(Oc2ccc(OC(C)=O)cc2)cc1. The van der Waals surface area contributed by atoms with Crippen molar-refractivity contribution in [3.05, 3.63) is 108 Å². The Labute approximate surface area is 241 Å². The van der Waals surface area contributed by atoms with Gasteiger partial charge in [-0.25, -0.2) is 0 Å². The van der Waals surface area contributed by atoms with Gasteiger partial charge in [0, 0.05) is 19.3 Å². The first-order chi connectivity index (χ1) is 19.7. The molecule has 4 rings (SSSR count). The van der Waals surface area contributed by atoms with E-state index in [1.165, 1.54) is 25.0 Å². The smallest absolute Gasteiger partial charge is 0.308 e. The maximum Gasteiger partial charge on any atom is 0.308 e. The number of methoxy groups -OCH3 is 2. The summed E-state index contributed by atoms with van der Waals surface area (Å²) < 4.78 is 26.0. The van der Waals surface area contributed by atoms with Crippen LogP contribution in [0.2, 0.25) is 0 Å². The first kappa shape index (κ1) is 30.8. The standard InChI is InChI=1S/C19H22O3.C15H14O4/c1-5-19(3,15-6-10-17(21-4)11-7-15)16-8-12-18(13-9-16)22-14(2)20;1-11(16)18-13-7-9-15(10-8-13)19-14-5-3-12(17-2)4-6-14/h6-13H,5H2,1-4H3;3-10H,1-2H3. The van der Waals surface area contributed by atoms with Crippen LogP contribution < -0.4 is 23.7 Å². The third-order valence-corrected chi connectivity index (χ3v) is 6.57. The van der Waals surface area contributed by atoms with Crippen molar-refractivity contribution in [2.45, 2.75) is 39.5 Å². The lowest BCUT2D eigenvalue weighted by molar-refractivity contribution is -0.132. The number of rotatable bonds is 9. The number of hydrogen-bond acceptors (Lipinski definition) is 7. The van der Waals surface area contributed by atoms with E-state index in [9.17, 15) is 9.59 Å². The summed E-state index contributed by atoms with van der Waals surface area (Å²) >= 11 is 0. The molecule has 0 aliphatic carbocycles. The van der Waals surface area contributed by atoms with Crippen molar-refractivity contribution in [1.29, 1.82) is 0 Å². The molecule has 7 nitrogen and oxygen atoms in total. The van der Waals surface area contributed by atoms with Gasteiger partial charge in [-0.15, -0.1) is 0 Å². The van der Waals surface area contributed by atoms with Crippen LogP contribution in [0.4, 0.5) is 0 Å². The predicted octanol–water partition coefficient (Wildman–Crippen LogP) is 7.75. The van der Waals surface area contributed by atoms with Crippen molar-refractivity contribution >= 4 is 11.9 Å². The highest BCUT2D eigenvalue weighted by atomic mass is 16.5. The van der Waals surface area contributed by atoms with E-state index in [2.05, 4.69) is 26.0 Å². The topological polar surface area (TPSA) is 80.3 Å². The van der Waals surface area contributed by atoms with E-state index in [1.54, 1.807) is 38.5 Å². The largest absolute Gasteiger partial charge is 0.497 e. The normalized spacial score (nSPS) is 11.7. The lowest BCUT2D eigenvalue weighted by Crippen LogP contribution is -2.22. The van der Waals surface area contributed by atoms with Gasteiger partial charge >= 0.3 is 11.9 Å². The summed E-state index contributed by atoms with van der Waals surface area (Å²) in [6.07, 6.45) is 0.965. The Kier molecular flexibility index (Phi) is 10.9. The van der Waals surface area contributed by atoms with E-state index in [1.807, 2.05) is 60.7 Å². The Morgan fingerprint density at radius 3 is 1.15 bits per heavy atom. The second kappa shape index (κ2) is 14.6. The van der Waals surface area contributed by atoms with Crippen LogP contribution in [0.5, 0.6) is 34.5 Å². The van der Waals surface area contributed by atoms with E-state index >= 15 is 0 Å². The summed E-state index contributed by atoms with van der Waals surface area (Å²) in [7, 11) is 3.28. The van der Waals surface area contributed by atoms with Gasteiger partial charge in [0.25, 0.3) is 0 Å². The minimum Gasteiger partial charge on any atom is -0.497 e. The van der Waals surface area contributed by atoms with Gasteiger partial charge in [-0.05, 0) is 90.3 Å². The maximum atomic E-state index is 11.0. The number of esters is 2. The van der Waals surface area contributed by atoms with Crippen LogP contribution in [0.1, 0.15) is 45.2 Å². The van der Waals surface area contributed by atoms with Crippen LogP contribution in [0.25, 0.3) is 0 Å².